The second-order valence-corrected chi connectivity index (χ2v) is 4.37. The number of hydrogen-bond donors (Lipinski definition) is 1. The van der Waals surface area contributed by atoms with Crippen LogP contribution in [0.2, 0.25) is 0 Å². The van der Waals surface area contributed by atoms with Crippen LogP contribution in [-0.4, -0.2) is 30.2 Å². The molecule has 6 heteroatoms. The van der Waals surface area contributed by atoms with E-state index >= 15 is 0 Å². The molecule has 0 aliphatic carbocycles. The minimum Gasteiger partial charge on any atom is -0.282 e. The Morgan fingerprint density at radius 3 is 2.78 bits per heavy atom. The van der Waals surface area contributed by atoms with Crippen molar-refractivity contribution in [1.82, 2.24) is 10.0 Å². The third-order valence-electron chi connectivity index (χ3n) is 2.35. The van der Waals surface area contributed by atoms with Gasteiger partial charge in [0.2, 0.25) is 0 Å². The third-order valence-corrected chi connectivity index (χ3v) is 3.11. The fourth-order valence-corrected chi connectivity index (χ4v) is 2.04. The van der Waals surface area contributed by atoms with Crippen LogP contribution in [0.5, 0.6) is 0 Å². The molecule has 0 saturated carbocycles. The molecule has 0 aliphatic rings. The molecule has 94 valence electrons. The summed E-state index contributed by atoms with van der Waals surface area (Å²) in [4.78, 5) is 20.7. The molecule has 0 saturated heterocycles. The molecule has 2 aromatic rings. The lowest BCUT2D eigenvalue weighted by atomic mass is 10.2. The average Bonchev–Trinajstić information content (AvgIpc) is 2.87. The fraction of sp³-hybridized carbons (Fsp3) is 0.167. The molecule has 5 nitrogen and oxygen atoms in total. The summed E-state index contributed by atoms with van der Waals surface area (Å²) >= 11 is 1.38. The van der Waals surface area contributed by atoms with Gasteiger partial charge in [-0.15, -0.1) is 11.3 Å². The Hall–Kier alpha value is -1.92. The quantitative estimate of drug-likeness (QED) is 0.866. The SMILES string of the molecule is CON(C)C(=O)Nc1nc(-c2ccccc2)cs1. The van der Waals surface area contributed by atoms with Crippen molar-refractivity contribution in [2.45, 2.75) is 0 Å². The van der Waals surface area contributed by atoms with E-state index in [-0.39, 0.29) is 6.03 Å². The number of aromatic nitrogens is 1. The van der Waals surface area contributed by atoms with Crippen LogP contribution in [0.25, 0.3) is 11.3 Å². The second kappa shape index (κ2) is 5.61. The highest BCUT2D eigenvalue weighted by Crippen LogP contribution is 2.24. The first-order valence-corrected chi connectivity index (χ1v) is 6.18. The number of rotatable bonds is 3. The number of amides is 2. The molecule has 1 aromatic heterocycles. The molecule has 0 bridgehead atoms. The first-order valence-electron chi connectivity index (χ1n) is 5.30. The zero-order valence-corrected chi connectivity index (χ0v) is 10.9. The Balaban J connectivity index is 2.10. The van der Waals surface area contributed by atoms with E-state index in [4.69, 9.17) is 4.84 Å². The van der Waals surface area contributed by atoms with Gasteiger partial charge in [-0.25, -0.2) is 14.8 Å². The third kappa shape index (κ3) is 2.85. The van der Waals surface area contributed by atoms with Gasteiger partial charge in [-0.1, -0.05) is 30.3 Å². The summed E-state index contributed by atoms with van der Waals surface area (Å²) in [6, 6.07) is 9.44. The number of urea groups is 1. The number of nitrogens with one attached hydrogen (secondary N) is 1. The highest BCUT2D eigenvalue weighted by Gasteiger charge is 2.11. The summed E-state index contributed by atoms with van der Waals surface area (Å²) in [5.74, 6) is 0. The number of anilines is 1. The van der Waals surface area contributed by atoms with E-state index in [1.54, 1.807) is 0 Å². The van der Waals surface area contributed by atoms with Gasteiger partial charge < -0.3 is 0 Å². The lowest BCUT2D eigenvalue weighted by Crippen LogP contribution is -2.30. The summed E-state index contributed by atoms with van der Waals surface area (Å²) in [7, 11) is 2.96. The normalized spacial score (nSPS) is 10.1. The zero-order valence-electron chi connectivity index (χ0n) is 10.1. The molecule has 18 heavy (non-hydrogen) atoms. The highest BCUT2D eigenvalue weighted by molar-refractivity contribution is 7.14. The zero-order chi connectivity index (χ0) is 13.0. The van der Waals surface area contributed by atoms with Crippen molar-refractivity contribution in [2.24, 2.45) is 0 Å². The van der Waals surface area contributed by atoms with E-state index < -0.39 is 0 Å². The summed E-state index contributed by atoms with van der Waals surface area (Å²) in [6.07, 6.45) is 0. The molecule has 1 aromatic carbocycles. The average molecular weight is 263 g/mol. The van der Waals surface area contributed by atoms with Crippen LogP contribution in [0, 0.1) is 0 Å². The van der Waals surface area contributed by atoms with Crippen molar-refractivity contribution in [3.63, 3.8) is 0 Å². The monoisotopic (exact) mass is 263 g/mol. The smallest absolute Gasteiger partial charge is 0.282 e. The minimum absolute atomic E-state index is 0.355. The fourth-order valence-electron chi connectivity index (χ4n) is 1.33. The van der Waals surface area contributed by atoms with Crippen LogP contribution in [0.1, 0.15) is 0 Å². The maximum Gasteiger partial charge on any atom is 0.347 e. The molecule has 1 N–H and O–H groups in total. The molecular weight excluding hydrogens is 250 g/mol. The molecule has 0 atom stereocenters. The predicted octanol–water partition coefficient (Wildman–Crippen LogP) is 2.84. The van der Waals surface area contributed by atoms with Crippen LogP contribution >= 0.6 is 11.3 Å². The molecular formula is C12H13N3O2S. The van der Waals surface area contributed by atoms with Crippen LogP contribution in [0.15, 0.2) is 35.7 Å². The number of thiazole rings is 1. The predicted molar refractivity (Wildman–Crippen MR) is 71.3 cm³/mol. The van der Waals surface area contributed by atoms with Gasteiger partial charge in [0.05, 0.1) is 12.8 Å². The van der Waals surface area contributed by atoms with Crippen molar-refractivity contribution in [1.29, 1.82) is 0 Å². The summed E-state index contributed by atoms with van der Waals surface area (Å²) in [6.45, 7) is 0. The molecule has 0 spiro atoms. The molecule has 0 fully saturated rings. The van der Waals surface area contributed by atoms with E-state index in [2.05, 4.69) is 10.3 Å². The Kier molecular flexibility index (Phi) is 3.91. The van der Waals surface area contributed by atoms with Gasteiger partial charge in [-0.05, 0) is 0 Å². The lowest BCUT2D eigenvalue weighted by Gasteiger charge is -2.12. The van der Waals surface area contributed by atoms with Crippen LogP contribution in [0.3, 0.4) is 0 Å². The van der Waals surface area contributed by atoms with E-state index in [0.717, 1.165) is 16.3 Å². The van der Waals surface area contributed by atoms with Gasteiger partial charge in [0, 0.05) is 18.0 Å². The largest absolute Gasteiger partial charge is 0.347 e. The molecule has 0 radical (unpaired) electrons. The maximum atomic E-state index is 11.5. The number of hydrogen-bond acceptors (Lipinski definition) is 4. The lowest BCUT2D eigenvalue weighted by molar-refractivity contribution is -0.0598. The van der Waals surface area contributed by atoms with Crippen LogP contribution in [0.4, 0.5) is 9.93 Å². The Labute approximate surface area is 109 Å². The van der Waals surface area contributed by atoms with Crippen LogP contribution in [-0.2, 0) is 4.84 Å². The first-order chi connectivity index (χ1) is 8.70. The van der Waals surface area contributed by atoms with E-state index in [9.17, 15) is 4.79 Å². The molecule has 1 heterocycles. The van der Waals surface area contributed by atoms with Gasteiger partial charge in [0.1, 0.15) is 0 Å². The number of carbonyl (C=O) groups excluding carboxylic acids is 1. The summed E-state index contributed by atoms with van der Waals surface area (Å²) in [5.41, 5.74) is 1.87. The van der Waals surface area contributed by atoms with Crippen molar-refractivity contribution in [3.05, 3.63) is 35.7 Å². The van der Waals surface area contributed by atoms with Crippen molar-refractivity contribution in [3.8, 4) is 11.3 Å². The first kappa shape index (κ1) is 12.5. The molecule has 2 rings (SSSR count). The highest BCUT2D eigenvalue weighted by atomic mass is 32.1. The standard InChI is InChI=1S/C12H13N3O2S/c1-15(17-2)12(16)14-11-13-10(8-18-11)9-6-4-3-5-7-9/h3-8H,1-2H3,(H,13,14,16). The van der Waals surface area contributed by atoms with Gasteiger partial charge in [0.25, 0.3) is 0 Å². The topological polar surface area (TPSA) is 54.5 Å². The summed E-state index contributed by atoms with van der Waals surface area (Å²) in [5, 5.41) is 6.20. The Bertz CT molecular complexity index is 527. The maximum absolute atomic E-state index is 11.5. The van der Waals surface area contributed by atoms with Crippen molar-refractivity contribution in [2.75, 3.05) is 19.5 Å². The van der Waals surface area contributed by atoms with Crippen molar-refractivity contribution < 1.29 is 9.63 Å². The molecule has 0 unspecified atom stereocenters. The van der Waals surface area contributed by atoms with Gasteiger partial charge in [0.15, 0.2) is 5.13 Å². The molecule has 2 amide bonds. The number of hydroxylamine groups is 2. The number of carbonyl (C=O) groups is 1. The van der Waals surface area contributed by atoms with E-state index in [0.29, 0.717) is 5.13 Å². The van der Waals surface area contributed by atoms with E-state index in [1.807, 2.05) is 35.7 Å². The van der Waals surface area contributed by atoms with Crippen LogP contribution < -0.4 is 5.32 Å². The Morgan fingerprint density at radius 1 is 1.39 bits per heavy atom. The summed E-state index contributed by atoms with van der Waals surface area (Å²) < 4.78 is 0. The van der Waals surface area contributed by atoms with Gasteiger partial charge in [-0.2, -0.15) is 0 Å². The van der Waals surface area contributed by atoms with E-state index in [1.165, 1.54) is 25.5 Å². The number of nitrogens with zero attached hydrogens (tertiary/aromatic N) is 2. The second-order valence-electron chi connectivity index (χ2n) is 3.51. The number of benzene rings is 1. The van der Waals surface area contributed by atoms with Crippen molar-refractivity contribution >= 4 is 22.5 Å². The minimum atomic E-state index is -0.355. The Morgan fingerprint density at radius 2 is 2.11 bits per heavy atom. The molecule has 0 aliphatic heterocycles. The van der Waals surface area contributed by atoms with Gasteiger partial charge >= 0.3 is 6.03 Å². The van der Waals surface area contributed by atoms with Gasteiger partial charge in [-0.3, -0.25) is 10.2 Å².